The lowest BCUT2D eigenvalue weighted by Gasteiger charge is -2.38. The minimum atomic E-state index is -0.763. The highest BCUT2D eigenvalue weighted by molar-refractivity contribution is 5.87. The van der Waals surface area contributed by atoms with E-state index in [0.29, 0.717) is 32.7 Å². The summed E-state index contributed by atoms with van der Waals surface area (Å²) in [5, 5.41) is 11.8. The van der Waals surface area contributed by atoms with Gasteiger partial charge >= 0.3 is 6.09 Å². The Labute approximate surface area is 270 Å². The van der Waals surface area contributed by atoms with Gasteiger partial charge in [-0.05, 0) is 46.1 Å². The molecule has 254 valence electrons. The van der Waals surface area contributed by atoms with E-state index >= 15 is 0 Å². The average Bonchev–Trinajstić information content (AvgIpc) is 3.81. The molecule has 10 nitrogen and oxygen atoms in total. The van der Waals surface area contributed by atoms with Gasteiger partial charge in [-0.2, -0.15) is 0 Å². The lowest BCUT2D eigenvalue weighted by molar-refractivity contribution is -0.187. The molecule has 0 aromatic rings. The monoisotopic (exact) mass is 631 g/mol. The summed E-state index contributed by atoms with van der Waals surface area (Å²) >= 11 is 0. The average molecular weight is 632 g/mol. The second kappa shape index (κ2) is 17.1. The van der Waals surface area contributed by atoms with E-state index in [9.17, 15) is 9.59 Å². The van der Waals surface area contributed by atoms with Crippen molar-refractivity contribution in [2.24, 2.45) is 0 Å². The molecule has 0 aromatic carbocycles. The van der Waals surface area contributed by atoms with E-state index in [1.807, 2.05) is 13.0 Å². The van der Waals surface area contributed by atoms with Gasteiger partial charge in [0.05, 0.1) is 43.2 Å². The highest BCUT2D eigenvalue weighted by Gasteiger charge is 2.53. The standard InChI is InChI=1S/C23H35NO5.C12H22N2O2/c1-5-6-7-20(25)24-18-13-26-21(27-14-18)11-9-17(2)8-10-19-12-23(16-28-23)15-22(3,4)29-19;15-12(16)14-9-7-13(8-10-14)11-5-3-1-2-4-6-11/h6-10,18-19,21H,5,11-16H2,1-4H3,(H,24,25);11H,1-10H2,(H,15,16)/b7-6-,10-8+,17-9+;. The van der Waals surface area contributed by atoms with Crippen molar-refractivity contribution in [3.8, 4) is 0 Å². The molecular weight excluding hydrogens is 574 g/mol. The first-order valence-electron chi connectivity index (χ1n) is 17.2. The Morgan fingerprint density at radius 3 is 2.27 bits per heavy atom. The molecule has 5 rings (SSSR count). The topological polar surface area (TPSA) is 113 Å². The Bertz CT molecular complexity index is 1020. The van der Waals surface area contributed by atoms with Gasteiger partial charge in [0, 0.05) is 51.5 Å². The Morgan fingerprint density at radius 2 is 1.67 bits per heavy atom. The van der Waals surface area contributed by atoms with Gasteiger partial charge < -0.3 is 34.3 Å². The Hall–Kier alpha value is -2.24. The van der Waals surface area contributed by atoms with Crippen LogP contribution in [0.2, 0.25) is 0 Å². The van der Waals surface area contributed by atoms with Gasteiger partial charge in [-0.15, -0.1) is 0 Å². The van der Waals surface area contributed by atoms with Gasteiger partial charge in [-0.1, -0.05) is 62.5 Å². The van der Waals surface area contributed by atoms with Crippen LogP contribution >= 0.6 is 0 Å². The molecular formula is C35H57N3O7. The van der Waals surface area contributed by atoms with Crippen molar-refractivity contribution >= 4 is 12.0 Å². The first-order chi connectivity index (χ1) is 21.6. The molecule has 2 atom stereocenters. The van der Waals surface area contributed by atoms with E-state index in [4.69, 9.17) is 24.1 Å². The smallest absolute Gasteiger partial charge is 0.407 e. The molecule has 0 aromatic heterocycles. The number of allylic oxidation sites excluding steroid dienone is 3. The first-order valence-corrected chi connectivity index (χ1v) is 17.2. The summed E-state index contributed by atoms with van der Waals surface area (Å²) in [7, 11) is 0. The molecule has 45 heavy (non-hydrogen) atoms. The summed E-state index contributed by atoms with van der Waals surface area (Å²) in [4.78, 5) is 26.5. The summed E-state index contributed by atoms with van der Waals surface area (Å²) in [5.74, 6) is -0.102. The van der Waals surface area contributed by atoms with Gasteiger partial charge in [-0.25, -0.2) is 4.79 Å². The van der Waals surface area contributed by atoms with Crippen LogP contribution < -0.4 is 5.32 Å². The third-order valence-electron chi connectivity index (χ3n) is 9.29. The minimum absolute atomic E-state index is 0.0381. The van der Waals surface area contributed by atoms with Crippen LogP contribution in [0.15, 0.2) is 36.0 Å². The number of amides is 2. The van der Waals surface area contributed by atoms with Crippen LogP contribution in [0, 0.1) is 0 Å². The lowest BCUT2D eigenvalue weighted by Crippen LogP contribution is -2.51. The third-order valence-corrected chi connectivity index (χ3v) is 9.29. The summed E-state index contributed by atoms with van der Waals surface area (Å²) in [5.41, 5.74) is 1.04. The number of rotatable bonds is 8. The normalized spacial score (nSPS) is 31.4. The van der Waals surface area contributed by atoms with E-state index in [-0.39, 0.29) is 35.5 Å². The fraction of sp³-hybridized carbons (Fsp3) is 0.771. The predicted octanol–water partition coefficient (Wildman–Crippen LogP) is 5.43. The number of epoxide rings is 1. The van der Waals surface area contributed by atoms with Gasteiger partial charge in [-0.3, -0.25) is 9.69 Å². The molecule has 0 bridgehead atoms. The second-order valence-electron chi connectivity index (χ2n) is 13.9. The number of carboxylic acid groups (broad SMARTS) is 1. The number of piperazine rings is 1. The predicted molar refractivity (Wildman–Crippen MR) is 174 cm³/mol. The van der Waals surface area contributed by atoms with Gasteiger partial charge in [0.25, 0.3) is 0 Å². The van der Waals surface area contributed by atoms with Crippen LogP contribution in [-0.2, 0) is 23.7 Å². The van der Waals surface area contributed by atoms with Crippen molar-refractivity contribution in [1.29, 1.82) is 0 Å². The van der Waals surface area contributed by atoms with E-state index in [1.165, 1.54) is 43.4 Å². The van der Waals surface area contributed by atoms with Gasteiger partial charge in [0.15, 0.2) is 6.29 Å². The molecule has 1 saturated carbocycles. The van der Waals surface area contributed by atoms with Crippen LogP contribution in [0.1, 0.15) is 91.9 Å². The number of hydrogen-bond donors (Lipinski definition) is 2. The third kappa shape index (κ3) is 12.1. The van der Waals surface area contributed by atoms with Crippen molar-refractivity contribution in [3.05, 3.63) is 36.0 Å². The maximum Gasteiger partial charge on any atom is 0.407 e. The zero-order chi connectivity index (χ0) is 32.3. The molecule has 1 spiro atoms. The summed E-state index contributed by atoms with van der Waals surface area (Å²) in [6, 6.07) is 0.618. The first kappa shape index (κ1) is 35.6. The fourth-order valence-corrected chi connectivity index (χ4v) is 6.88. The number of ether oxygens (including phenoxy) is 4. The molecule has 4 aliphatic heterocycles. The van der Waals surface area contributed by atoms with Crippen molar-refractivity contribution in [2.75, 3.05) is 46.0 Å². The van der Waals surface area contributed by atoms with Crippen LogP contribution in [0.25, 0.3) is 0 Å². The van der Waals surface area contributed by atoms with Crippen LogP contribution in [-0.4, -0.2) is 109 Å². The summed E-state index contributed by atoms with van der Waals surface area (Å²) in [6.07, 6.45) is 20.3. The van der Waals surface area contributed by atoms with E-state index in [1.54, 1.807) is 6.08 Å². The molecule has 2 amide bonds. The van der Waals surface area contributed by atoms with Crippen LogP contribution in [0.4, 0.5) is 4.79 Å². The second-order valence-corrected chi connectivity index (χ2v) is 13.9. The highest BCUT2D eigenvalue weighted by Crippen LogP contribution is 2.46. The van der Waals surface area contributed by atoms with E-state index < -0.39 is 6.09 Å². The number of carbonyl (C=O) groups is 2. The number of hydrogen-bond acceptors (Lipinski definition) is 7. The molecule has 10 heteroatoms. The zero-order valence-electron chi connectivity index (χ0n) is 28.0. The molecule has 1 aliphatic carbocycles. The minimum Gasteiger partial charge on any atom is -0.465 e. The molecule has 4 saturated heterocycles. The molecule has 5 fully saturated rings. The highest BCUT2D eigenvalue weighted by atomic mass is 16.7. The Kier molecular flexibility index (Phi) is 13.5. The van der Waals surface area contributed by atoms with E-state index in [0.717, 1.165) is 50.6 Å². The SMILES string of the molecule is CC/C=C\C(=O)NC1COC(C/C=C(C)/C=C/C2CC3(CO3)CC(C)(C)O2)OC1.O=C(O)N1CCN(C2CCCCCC2)CC1. The Morgan fingerprint density at radius 1 is 1.00 bits per heavy atom. The summed E-state index contributed by atoms with van der Waals surface area (Å²) < 4.78 is 23.3. The quantitative estimate of drug-likeness (QED) is 0.158. The molecule has 4 heterocycles. The maximum absolute atomic E-state index is 11.7. The van der Waals surface area contributed by atoms with E-state index in [2.05, 4.69) is 49.2 Å². The van der Waals surface area contributed by atoms with Crippen LogP contribution in [0.3, 0.4) is 0 Å². The molecule has 2 N–H and O–H groups in total. The van der Waals surface area contributed by atoms with Crippen molar-refractivity contribution in [2.45, 2.75) is 128 Å². The zero-order valence-corrected chi connectivity index (χ0v) is 28.0. The van der Waals surface area contributed by atoms with Gasteiger partial charge in [0.1, 0.15) is 0 Å². The maximum atomic E-state index is 11.7. The lowest BCUT2D eigenvalue weighted by atomic mass is 9.85. The number of nitrogens with one attached hydrogen (secondary N) is 1. The molecule has 5 aliphatic rings. The van der Waals surface area contributed by atoms with Crippen molar-refractivity contribution < 1.29 is 33.6 Å². The summed E-state index contributed by atoms with van der Waals surface area (Å²) in [6.45, 7) is 13.3. The number of nitrogens with zero attached hydrogens (tertiary/aromatic N) is 2. The van der Waals surface area contributed by atoms with Crippen LogP contribution in [0.5, 0.6) is 0 Å². The molecule has 0 radical (unpaired) electrons. The number of carbonyl (C=O) groups excluding carboxylic acids is 1. The Balaban J connectivity index is 0.000000242. The fourth-order valence-electron chi connectivity index (χ4n) is 6.88. The van der Waals surface area contributed by atoms with Gasteiger partial charge in [0.2, 0.25) is 5.91 Å². The van der Waals surface area contributed by atoms with Crippen molar-refractivity contribution in [3.63, 3.8) is 0 Å². The van der Waals surface area contributed by atoms with Crippen molar-refractivity contribution in [1.82, 2.24) is 15.1 Å². The molecule has 2 unspecified atom stereocenters. The largest absolute Gasteiger partial charge is 0.465 e.